The summed E-state index contributed by atoms with van der Waals surface area (Å²) < 4.78 is 10.8. The predicted molar refractivity (Wildman–Crippen MR) is 73.6 cm³/mol. The van der Waals surface area contributed by atoms with Crippen LogP contribution >= 0.6 is 11.6 Å². The van der Waals surface area contributed by atoms with Gasteiger partial charge in [0, 0.05) is 17.8 Å². The maximum absolute atomic E-state index is 8.81. The molecular weight excluding hydrogens is 264 g/mol. The van der Waals surface area contributed by atoms with Gasteiger partial charge in [0.2, 0.25) is 0 Å². The minimum atomic E-state index is 0.336. The molecule has 5 heteroatoms. The van der Waals surface area contributed by atoms with E-state index in [0.29, 0.717) is 33.5 Å². The standard InChI is InChI=1S/C14H11ClN2O2/c1-18-13-5-3-10(17)6-14(13)19-11-4-2-9(8-16)12(15)7-11/h2-7H,17H2,1H3. The lowest BCUT2D eigenvalue weighted by molar-refractivity contribution is 0.379. The summed E-state index contributed by atoms with van der Waals surface area (Å²) in [6.45, 7) is 0. The van der Waals surface area contributed by atoms with Gasteiger partial charge in [0.1, 0.15) is 11.8 Å². The molecule has 2 aromatic carbocycles. The van der Waals surface area contributed by atoms with Crippen LogP contribution < -0.4 is 15.2 Å². The second kappa shape index (κ2) is 5.51. The highest BCUT2D eigenvalue weighted by molar-refractivity contribution is 6.31. The van der Waals surface area contributed by atoms with Crippen molar-refractivity contribution in [3.8, 4) is 23.3 Å². The summed E-state index contributed by atoms with van der Waals surface area (Å²) in [6.07, 6.45) is 0. The molecule has 0 saturated heterocycles. The number of nitrogen functional groups attached to an aromatic ring is 1. The first-order valence-electron chi connectivity index (χ1n) is 5.45. The fourth-order valence-electron chi connectivity index (χ4n) is 1.55. The van der Waals surface area contributed by atoms with Gasteiger partial charge in [-0.25, -0.2) is 0 Å². The fraction of sp³-hybridized carbons (Fsp3) is 0.0714. The second-order valence-corrected chi connectivity index (χ2v) is 4.17. The molecule has 96 valence electrons. The lowest BCUT2D eigenvalue weighted by Gasteiger charge is -2.11. The van der Waals surface area contributed by atoms with Gasteiger partial charge < -0.3 is 15.2 Å². The molecular formula is C14H11ClN2O2. The van der Waals surface area contributed by atoms with Gasteiger partial charge in [-0.15, -0.1) is 0 Å². The van der Waals surface area contributed by atoms with Crippen LogP contribution in [-0.2, 0) is 0 Å². The molecule has 0 aliphatic heterocycles. The van der Waals surface area contributed by atoms with Gasteiger partial charge in [-0.2, -0.15) is 5.26 Å². The summed E-state index contributed by atoms with van der Waals surface area (Å²) in [5.74, 6) is 1.56. The van der Waals surface area contributed by atoms with Gasteiger partial charge in [-0.3, -0.25) is 0 Å². The van der Waals surface area contributed by atoms with E-state index in [1.807, 2.05) is 6.07 Å². The minimum absolute atomic E-state index is 0.336. The van der Waals surface area contributed by atoms with Crippen LogP contribution in [-0.4, -0.2) is 7.11 Å². The highest BCUT2D eigenvalue weighted by atomic mass is 35.5. The monoisotopic (exact) mass is 274 g/mol. The van der Waals surface area contributed by atoms with Gasteiger partial charge in [-0.05, 0) is 24.3 Å². The Morgan fingerprint density at radius 3 is 2.58 bits per heavy atom. The molecule has 19 heavy (non-hydrogen) atoms. The van der Waals surface area contributed by atoms with Crippen LogP contribution in [0.2, 0.25) is 5.02 Å². The number of ether oxygens (including phenoxy) is 2. The molecule has 0 saturated carbocycles. The van der Waals surface area contributed by atoms with Crippen molar-refractivity contribution in [1.29, 1.82) is 5.26 Å². The number of anilines is 1. The van der Waals surface area contributed by atoms with Crippen LogP contribution in [0.3, 0.4) is 0 Å². The maximum Gasteiger partial charge on any atom is 0.171 e. The quantitative estimate of drug-likeness (QED) is 0.869. The smallest absolute Gasteiger partial charge is 0.171 e. The topological polar surface area (TPSA) is 68.3 Å². The van der Waals surface area contributed by atoms with Crippen LogP contribution in [0.15, 0.2) is 36.4 Å². The van der Waals surface area contributed by atoms with Crippen molar-refractivity contribution in [2.24, 2.45) is 0 Å². The average molecular weight is 275 g/mol. The SMILES string of the molecule is COc1ccc(N)cc1Oc1ccc(C#N)c(Cl)c1. The van der Waals surface area contributed by atoms with Gasteiger partial charge in [0.15, 0.2) is 11.5 Å². The van der Waals surface area contributed by atoms with Gasteiger partial charge in [0.25, 0.3) is 0 Å². The lowest BCUT2D eigenvalue weighted by atomic mass is 10.2. The lowest BCUT2D eigenvalue weighted by Crippen LogP contribution is -1.93. The first kappa shape index (κ1) is 13.1. The molecule has 0 atom stereocenters. The third-order valence-corrected chi connectivity index (χ3v) is 2.79. The Balaban J connectivity index is 2.33. The van der Waals surface area contributed by atoms with Crippen molar-refractivity contribution < 1.29 is 9.47 Å². The Hall–Kier alpha value is -2.38. The van der Waals surface area contributed by atoms with E-state index in [-0.39, 0.29) is 0 Å². The molecule has 0 heterocycles. The van der Waals surface area contributed by atoms with Crippen molar-refractivity contribution in [3.05, 3.63) is 47.0 Å². The van der Waals surface area contributed by atoms with Crippen LogP contribution in [0.5, 0.6) is 17.2 Å². The predicted octanol–water partition coefficient (Wildman–Crippen LogP) is 3.59. The summed E-state index contributed by atoms with van der Waals surface area (Å²) in [5.41, 5.74) is 6.67. The Morgan fingerprint density at radius 2 is 1.95 bits per heavy atom. The average Bonchev–Trinajstić information content (AvgIpc) is 2.39. The summed E-state index contributed by atoms with van der Waals surface area (Å²) in [7, 11) is 1.55. The highest BCUT2D eigenvalue weighted by Gasteiger charge is 2.08. The summed E-state index contributed by atoms with van der Waals surface area (Å²) in [5, 5.41) is 9.14. The number of nitriles is 1. The number of nitrogens with zero attached hydrogens (tertiary/aromatic N) is 1. The Labute approximate surface area is 115 Å². The van der Waals surface area contributed by atoms with E-state index in [1.54, 1.807) is 43.5 Å². The number of methoxy groups -OCH3 is 1. The molecule has 0 fully saturated rings. The van der Waals surface area contributed by atoms with Gasteiger partial charge in [0.05, 0.1) is 17.7 Å². The van der Waals surface area contributed by atoms with Crippen LogP contribution in [0, 0.1) is 11.3 Å². The van der Waals surface area contributed by atoms with Crippen molar-refractivity contribution >= 4 is 17.3 Å². The minimum Gasteiger partial charge on any atom is -0.493 e. The molecule has 0 aliphatic carbocycles. The van der Waals surface area contributed by atoms with Crippen molar-refractivity contribution in [2.45, 2.75) is 0 Å². The number of hydrogen-bond donors (Lipinski definition) is 1. The van der Waals surface area contributed by atoms with Crippen molar-refractivity contribution in [2.75, 3.05) is 12.8 Å². The molecule has 0 aliphatic rings. The number of hydrogen-bond acceptors (Lipinski definition) is 4. The Morgan fingerprint density at radius 1 is 1.16 bits per heavy atom. The van der Waals surface area contributed by atoms with Crippen LogP contribution in [0.25, 0.3) is 0 Å². The summed E-state index contributed by atoms with van der Waals surface area (Å²) >= 11 is 5.94. The molecule has 0 spiro atoms. The highest BCUT2D eigenvalue weighted by Crippen LogP contribution is 2.34. The van der Waals surface area contributed by atoms with E-state index in [4.69, 9.17) is 32.1 Å². The van der Waals surface area contributed by atoms with Gasteiger partial charge in [-0.1, -0.05) is 11.6 Å². The molecule has 0 radical (unpaired) electrons. The first-order valence-corrected chi connectivity index (χ1v) is 5.83. The Kier molecular flexibility index (Phi) is 3.79. The van der Waals surface area contributed by atoms with E-state index < -0.39 is 0 Å². The van der Waals surface area contributed by atoms with E-state index in [9.17, 15) is 0 Å². The number of nitrogens with two attached hydrogens (primary N) is 1. The van der Waals surface area contributed by atoms with Crippen molar-refractivity contribution in [1.82, 2.24) is 0 Å². The molecule has 2 rings (SSSR count). The molecule has 2 aromatic rings. The summed E-state index contributed by atoms with van der Waals surface area (Å²) in [4.78, 5) is 0. The first-order chi connectivity index (χ1) is 9.13. The second-order valence-electron chi connectivity index (χ2n) is 3.77. The Bertz CT molecular complexity index is 650. The largest absolute Gasteiger partial charge is 0.493 e. The van der Waals surface area contributed by atoms with Crippen LogP contribution in [0.1, 0.15) is 5.56 Å². The third kappa shape index (κ3) is 2.90. The number of rotatable bonds is 3. The zero-order valence-corrected chi connectivity index (χ0v) is 10.9. The van der Waals surface area contributed by atoms with Crippen molar-refractivity contribution in [3.63, 3.8) is 0 Å². The number of halogens is 1. The third-order valence-electron chi connectivity index (χ3n) is 2.48. The zero-order valence-electron chi connectivity index (χ0n) is 10.2. The molecule has 2 N–H and O–H groups in total. The van der Waals surface area contributed by atoms with Crippen LogP contribution in [0.4, 0.5) is 5.69 Å². The molecule has 0 bridgehead atoms. The molecule has 0 unspecified atom stereocenters. The van der Waals surface area contributed by atoms with E-state index in [1.165, 1.54) is 0 Å². The normalized spacial score (nSPS) is 9.74. The number of benzene rings is 2. The maximum atomic E-state index is 8.81. The van der Waals surface area contributed by atoms with E-state index in [0.717, 1.165) is 0 Å². The fourth-order valence-corrected chi connectivity index (χ4v) is 1.76. The zero-order chi connectivity index (χ0) is 13.8. The van der Waals surface area contributed by atoms with E-state index >= 15 is 0 Å². The van der Waals surface area contributed by atoms with E-state index in [2.05, 4.69) is 0 Å². The molecule has 0 amide bonds. The van der Waals surface area contributed by atoms with Gasteiger partial charge >= 0.3 is 0 Å². The molecule has 4 nitrogen and oxygen atoms in total. The molecule has 0 aromatic heterocycles. The summed E-state index contributed by atoms with van der Waals surface area (Å²) in [6, 6.07) is 11.9.